The molecule has 8 nitrogen and oxygen atoms in total. The molecular weight excluding hydrogens is 420 g/mol. The first kappa shape index (κ1) is 22.2. The molecule has 152 valence electrons. The van der Waals surface area contributed by atoms with E-state index in [2.05, 4.69) is 22.1 Å². The number of rotatable bonds is 10. The predicted molar refractivity (Wildman–Crippen MR) is 114 cm³/mol. The maximum atomic E-state index is 12.4. The van der Waals surface area contributed by atoms with Gasteiger partial charge in [0.1, 0.15) is 12.3 Å². The Hall–Kier alpha value is -2.11. The molecular formula is C17H22N4O4S3. The van der Waals surface area contributed by atoms with E-state index in [-0.39, 0.29) is 12.6 Å². The molecule has 1 aromatic carbocycles. The van der Waals surface area contributed by atoms with E-state index < -0.39 is 15.9 Å². The molecule has 1 heterocycles. The number of hydrogen-bond acceptors (Lipinski definition) is 8. The molecule has 0 atom stereocenters. The van der Waals surface area contributed by atoms with Crippen LogP contribution >= 0.6 is 23.1 Å². The maximum Gasteiger partial charge on any atom is 0.246 e. The average molecular weight is 443 g/mol. The van der Waals surface area contributed by atoms with Crippen molar-refractivity contribution < 1.29 is 17.9 Å². The number of sulfonamides is 1. The molecule has 0 saturated carbocycles. The van der Waals surface area contributed by atoms with E-state index >= 15 is 0 Å². The van der Waals surface area contributed by atoms with Crippen LogP contribution < -0.4 is 14.4 Å². The van der Waals surface area contributed by atoms with Gasteiger partial charge in [-0.1, -0.05) is 29.2 Å². The summed E-state index contributed by atoms with van der Waals surface area (Å²) in [6.07, 6.45) is 2.80. The molecule has 0 aliphatic carbocycles. The van der Waals surface area contributed by atoms with Crippen molar-refractivity contribution in [3.05, 3.63) is 36.9 Å². The monoisotopic (exact) mass is 442 g/mol. The van der Waals surface area contributed by atoms with Crippen LogP contribution in [0.1, 0.15) is 13.8 Å². The summed E-state index contributed by atoms with van der Waals surface area (Å²) in [7, 11) is -3.66. The number of carbonyl (C=O) groups excluding carboxylic acids is 1. The number of nitrogens with one attached hydrogen (secondary N) is 1. The SMILES string of the molecule is C=CCSc1nnc(NC(=O)CN(c2ccc(OC(C)C)cc2)S(C)(=O)=O)s1. The van der Waals surface area contributed by atoms with Crippen molar-refractivity contribution >= 4 is 49.8 Å². The Labute approximate surface area is 173 Å². The zero-order chi connectivity index (χ0) is 20.7. The van der Waals surface area contributed by atoms with Crippen LogP contribution in [0.5, 0.6) is 5.75 Å². The van der Waals surface area contributed by atoms with Crippen molar-refractivity contribution in [2.24, 2.45) is 0 Å². The van der Waals surface area contributed by atoms with Crippen molar-refractivity contribution in [1.29, 1.82) is 0 Å². The lowest BCUT2D eigenvalue weighted by Crippen LogP contribution is -2.37. The average Bonchev–Trinajstić information content (AvgIpc) is 3.04. The number of hydrogen-bond donors (Lipinski definition) is 1. The number of amides is 1. The first-order valence-corrected chi connectivity index (χ1v) is 12.0. The van der Waals surface area contributed by atoms with Gasteiger partial charge in [0.25, 0.3) is 0 Å². The Kier molecular flexibility index (Phi) is 7.84. The van der Waals surface area contributed by atoms with Crippen LogP contribution in [0.25, 0.3) is 0 Å². The van der Waals surface area contributed by atoms with Crippen molar-refractivity contribution in [2.45, 2.75) is 24.3 Å². The van der Waals surface area contributed by atoms with Crippen LogP contribution in [0.3, 0.4) is 0 Å². The van der Waals surface area contributed by atoms with Gasteiger partial charge in [-0.3, -0.25) is 14.4 Å². The van der Waals surface area contributed by atoms with Gasteiger partial charge in [0.05, 0.1) is 18.0 Å². The normalized spacial score (nSPS) is 11.3. The van der Waals surface area contributed by atoms with Gasteiger partial charge in [-0.15, -0.1) is 16.8 Å². The highest BCUT2D eigenvalue weighted by Crippen LogP contribution is 2.26. The number of benzene rings is 1. The van der Waals surface area contributed by atoms with Crippen LogP contribution in [-0.4, -0.2) is 49.2 Å². The summed E-state index contributed by atoms with van der Waals surface area (Å²) in [5, 5.41) is 10.7. The van der Waals surface area contributed by atoms with E-state index in [4.69, 9.17) is 4.74 Å². The Morgan fingerprint density at radius 1 is 1.36 bits per heavy atom. The molecule has 1 amide bonds. The van der Waals surface area contributed by atoms with E-state index in [9.17, 15) is 13.2 Å². The highest BCUT2D eigenvalue weighted by atomic mass is 32.2. The molecule has 1 N–H and O–H groups in total. The van der Waals surface area contributed by atoms with Crippen LogP contribution in [0.15, 0.2) is 41.3 Å². The van der Waals surface area contributed by atoms with Gasteiger partial charge >= 0.3 is 0 Å². The van der Waals surface area contributed by atoms with E-state index in [0.717, 1.165) is 10.6 Å². The van der Waals surface area contributed by atoms with Crippen LogP contribution in [-0.2, 0) is 14.8 Å². The van der Waals surface area contributed by atoms with Gasteiger partial charge in [0, 0.05) is 5.75 Å². The topological polar surface area (TPSA) is 101 Å². The van der Waals surface area contributed by atoms with Crippen molar-refractivity contribution in [3.63, 3.8) is 0 Å². The Bertz CT molecular complexity index is 911. The van der Waals surface area contributed by atoms with Gasteiger partial charge in [0.2, 0.25) is 21.1 Å². The third-order valence-electron chi connectivity index (χ3n) is 3.16. The fraction of sp³-hybridized carbons (Fsp3) is 0.353. The highest BCUT2D eigenvalue weighted by Gasteiger charge is 2.22. The number of ether oxygens (including phenoxy) is 1. The second kappa shape index (κ2) is 9.89. The quantitative estimate of drug-likeness (QED) is 0.343. The lowest BCUT2D eigenvalue weighted by Gasteiger charge is -2.22. The molecule has 0 aliphatic rings. The highest BCUT2D eigenvalue weighted by molar-refractivity contribution is 8.01. The number of aromatic nitrogens is 2. The molecule has 0 aliphatic heterocycles. The Morgan fingerprint density at radius 3 is 2.61 bits per heavy atom. The molecule has 0 bridgehead atoms. The zero-order valence-corrected chi connectivity index (χ0v) is 18.2. The van der Waals surface area contributed by atoms with E-state index in [1.807, 2.05) is 13.8 Å². The van der Waals surface area contributed by atoms with Gasteiger partial charge < -0.3 is 4.74 Å². The lowest BCUT2D eigenvalue weighted by atomic mass is 10.3. The minimum absolute atomic E-state index is 0.00378. The molecule has 1 aromatic heterocycles. The summed E-state index contributed by atoms with van der Waals surface area (Å²) >= 11 is 2.66. The number of nitrogens with zero attached hydrogens (tertiary/aromatic N) is 3. The fourth-order valence-corrected chi connectivity index (χ4v) is 4.49. The van der Waals surface area contributed by atoms with Crippen LogP contribution in [0.4, 0.5) is 10.8 Å². The van der Waals surface area contributed by atoms with Crippen molar-refractivity contribution in [2.75, 3.05) is 28.2 Å². The molecule has 2 rings (SSSR count). The lowest BCUT2D eigenvalue weighted by molar-refractivity contribution is -0.114. The Morgan fingerprint density at radius 2 is 2.04 bits per heavy atom. The standard InChI is InChI=1S/C17H22N4O4S3/c1-5-10-26-17-20-19-16(27-17)18-15(22)11-21(28(4,23)24)13-6-8-14(9-7-13)25-12(2)3/h5-9,12H,1,10-11H2,2-4H3,(H,18,19,22). The summed E-state index contributed by atoms with van der Waals surface area (Å²) in [5.74, 6) is 0.792. The fourth-order valence-electron chi connectivity index (χ4n) is 2.10. The summed E-state index contributed by atoms with van der Waals surface area (Å²) in [4.78, 5) is 12.4. The summed E-state index contributed by atoms with van der Waals surface area (Å²) in [6.45, 7) is 7.05. The molecule has 2 aromatic rings. The maximum absolute atomic E-state index is 12.4. The third-order valence-corrected chi connectivity index (χ3v) is 6.27. The van der Waals surface area contributed by atoms with Gasteiger partial charge in [-0.25, -0.2) is 8.42 Å². The van der Waals surface area contributed by atoms with Gasteiger partial charge in [-0.05, 0) is 38.1 Å². The molecule has 0 saturated heterocycles. The number of anilines is 2. The first-order chi connectivity index (χ1) is 13.2. The van der Waals surface area contributed by atoms with E-state index in [1.54, 1.807) is 30.3 Å². The third kappa shape index (κ3) is 6.80. The molecule has 11 heteroatoms. The largest absolute Gasteiger partial charge is 0.491 e. The minimum Gasteiger partial charge on any atom is -0.491 e. The van der Waals surface area contributed by atoms with Crippen molar-refractivity contribution in [3.8, 4) is 5.75 Å². The number of carbonyl (C=O) groups is 1. The Balaban J connectivity index is 2.08. The molecule has 28 heavy (non-hydrogen) atoms. The molecule has 0 spiro atoms. The molecule has 0 fully saturated rings. The van der Waals surface area contributed by atoms with Crippen LogP contribution in [0, 0.1) is 0 Å². The smallest absolute Gasteiger partial charge is 0.246 e. The zero-order valence-electron chi connectivity index (χ0n) is 15.8. The summed E-state index contributed by atoms with van der Waals surface area (Å²) < 4.78 is 31.6. The van der Waals surface area contributed by atoms with Gasteiger partial charge in [-0.2, -0.15) is 0 Å². The van der Waals surface area contributed by atoms with E-state index in [1.165, 1.54) is 23.1 Å². The predicted octanol–water partition coefficient (Wildman–Crippen LogP) is 3.01. The van der Waals surface area contributed by atoms with Crippen LogP contribution in [0.2, 0.25) is 0 Å². The van der Waals surface area contributed by atoms with E-state index in [0.29, 0.717) is 26.7 Å². The van der Waals surface area contributed by atoms with Gasteiger partial charge in [0.15, 0.2) is 4.34 Å². The van der Waals surface area contributed by atoms with Crippen molar-refractivity contribution in [1.82, 2.24) is 10.2 Å². The molecule has 0 radical (unpaired) electrons. The second-order valence-corrected chi connectivity index (χ2v) is 10.1. The first-order valence-electron chi connectivity index (χ1n) is 8.30. The molecule has 0 unspecified atom stereocenters. The minimum atomic E-state index is -3.66. The summed E-state index contributed by atoms with van der Waals surface area (Å²) in [5.41, 5.74) is 0.369. The number of thioether (sulfide) groups is 1. The summed E-state index contributed by atoms with van der Waals surface area (Å²) in [6, 6.07) is 6.53. The second-order valence-electron chi connectivity index (χ2n) is 5.95.